The summed E-state index contributed by atoms with van der Waals surface area (Å²) in [4.78, 5) is 30.2. The van der Waals surface area contributed by atoms with E-state index in [4.69, 9.17) is 10.5 Å². The summed E-state index contributed by atoms with van der Waals surface area (Å²) in [5.41, 5.74) is 11.6. The number of pyridine rings is 2. The van der Waals surface area contributed by atoms with E-state index in [2.05, 4.69) is 36.9 Å². The minimum Gasteiger partial charge on any atom is -0.421 e. The van der Waals surface area contributed by atoms with Crippen LogP contribution in [0, 0.1) is 12.7 Å². The number of nitrogens with one attached hydrogen (secondary N) is 1. The number of amides is 1. The van der Waals surface area contributed by atoms with Gasteiger partial charge in [-0.3, -0.25) is 14.5 Å². The fraction of sp³-hybridized carbons (Fsp3) is 0.0968. The standard InChI is InChI=1S/C31H25FN8O2S/c1-16(2)30(41)39-20-6-7-23(35-13-20)28-25(18-5-8-24(22(32)11-18)42-31-34-10-9-17(3)38-31)26-27(43-28)21(14-36-29(26)33)19-12-37-40(4)15-19/h5-15H,1H2,2-4H3,(H2,33,36)(H,39,41). The van der Waals surface area contributed by atoms with Gasteiger partial charge in [-0.1, -0.05) is 12.6 Å². The number of carbonyl (C=O) groups excluding carboxylic acids is 1. The lowest BCUT2D eigenvalue weighted by atomic mass is 9.99. The first kappa shape index (κ1) is 27.7. The van der Waals surface area contributed by atoms with Gasteiger partial charge in [0.1, 0.15) is 5.82 Å². The summed E-state index contributed by atoms with van der Waals surface area (Å²) in [5, 5.41) is 7.74. The third-order valence-electron chi connectivity index (χ3n) is 6.59. The summed E-state index contributed by atoms with van der Waals surface area (Å²) in [6.45, 7) is 7.09. The molecule has 1 amide bonds. The second-order valence-corrected chi connectivity index (χ2v) is 10.9. The van der Waals surface area contributed by atoms with Crippen LogP contribution in [0.25, 0.3) is 42.9 Å². The van der Waals surface area contributed by atoms with Crippen molar-refractivity contribution in [3.8, 4) is 44.6 Å². The van der Waals surface area contributed by atoms with Gasteiger partial charge >= 0.3 is 6.01 Å². The van der Waals surface area contributed by atoms with E-state index in [9.17, 15) is 4.79 Å². The second kappa shape index (κ2) is 11.1. The summed E-state index contributed by atoms with van der Waals surface area (Å²) in [5.74, 6) is -0.632. The maximum atomic E-state index is 15.6. The molecule has 0 aliphatic rings. The van der Waals surface area contributed by atoms with E-state index in [1.54, 1.807) is 67.6 Å². The first-order chi connectivity index (χ1) is 20.7. The van der Waals surface area contributed by atoms with Gasteiger partial charge in [-0.2, -0.15) is 5.10 Å². The van der Waals surface area contributed by atoms with E-state index >= 15 is 4.39 Å². The van der Waals surface area contributed by atoms with Gasteiger partial charge in [-0.15, -0.1) is 11.3 Å². The van der Waals surface area contributed by atoms with Crippen LogP contribution in [-0.4, -0.2) is 35.6 Å². The Morgan fingerprint density at radius 1 is 1.09 bits per heavy atom. The zero-order valence-corrected chi connectivity index (χ0v) is 24.2. The third kappa shape index (κ3) is 5.43. The molecule has 0 radical (unpaired) electrons. The number of hydrogen-bond acceptors (Lipinski definition) is 9. The van der Waals surface area contributed by atoms with Crippen LogP contribution in [0.2, 0.25) is 0 Å². The Labute approximate surface area is 249 Å². The molecule has 6 rings (SSSR count). The minimum atomic E-state index is -0.603. The number of aromatic nitrogens is 6. The number of fused-ring (bicyclic) bond motifs is 1. The van der Waals surface area contributed by atoms with Crippen molar-refractivity contribution in [2.24, 2.45) is 7.05 Å². The first-order valence-electron chi connectivity index (χ1n) is 13.1. The van der Waals surface area contributed by atoms with Gasteiger partial charge in [-0.05, 0) is 49.7 Å². The molecule has 0 aliphatic heterocycles. The summed E-state index contributed by atoms with van der Waals surface area (Å²) >= 11 is 1.46. The molecule has 0 atom stereocenters. The molecular weight excluding hydrogens is 567 g/mol. The smallest absolute Gasteiger partial charge is 0.322 e. The lowest BCUT2D eigenvalue weighted by Crippen LogP contribution is -2.11. The molecule has 5 aromatic heterocycles. The van der Waals surface area contributed by atoms with Crippen LogP contribution in [0.4, 0.5) is 15.9 Å². The summed E-state index contributed by atoms with van der Waals surface area (Å²) in [7, 11) is 1.84. The van der Waals surface area contributed by atoms with Gasteiger partial charge in [0, 0.05) is 63.7 Å². The van der Waals surface area contributed by atoms with Crippen LogP contribution in [0.5, 0.6) is 11.8 Å². The van der Waals surface area contributed by atoms with Gasteiger partial charge in [0.25, 0.3) is 5.91 Å². The SMILES string of the molecule is C=C(C)C(=O)Nc1ccc(-c2sc3c(-c4cnn(C)c4)cnc(N)c3c2-c2ccc(Oc3nccc(C)n3)c(F)c2)nc1. The topological polar surface area (TPSA) is 134 Å². The molecule has 0 saturated carbocycles. The Morgan fingerprint density at radius 2 is 1.93 bits per heavy atom. The first-order valence-corrected chi connectivity index (χ1v) is 13.9. The third-order valence-corrected chi connectivity index (χ3v) is 7.84. The number of benzene rings is 1. The van der Waals surface area contributed by atoms with Crippen molar-refractivity contribution in [2.45, 2.75) is 13.8 Å². The molecule has 1 aromatic carbocycles. The number of ether oxygens (including phenoxy) is 1. The van der Waals surface area contributed by atoms with Crippen molar-refractivity contribution in [3.05, 3.63) is 91.0 Å². The predicted octanol–water partition coefficient (Wildman–Crippen LogP) is 6.55. The predicted molar refractivity (Wildman–Crippen MR) is 165 cm³/mol. The highest BCUT2D eigenvalue weighted by atomic mass is 32.1. The normalized spacial score (nSPS) is 11.1. The van der Waals surface area contributed by atoms with E-state index in [1.165, 1.54) is 23.5 Å². The maximum absolute atomic E-state index is 15.6. The maximum Gasteiger partial charge on any atom is 0.322 e. The fourth-order valence-electron chi connectivity index (χ4n) is 4.50. The van der Waals surface area contributed by atoms with Crippen LogP contribution >= 0.6 is 11.3 Å². The number of halogens is 1. The molecule has 43 heavy (non-hydrogen) atoms. The van der Waals surface area contributed by atoms with E-state index in [0.717, 1.165) is 20.7 Å². The summed E-state index contributed by atoms with van der Waals surface area (Å²) in [6.07, 6.45) is 8.46. The molecule has 214 valence electrons. The van der Waals surface area contributed by atoms with Crippen molar-refractivity contribution in [3.63, 3.8) is 0 Å². The van der Waals surface area contributed by atoms with Gasteiger partial charge in [0.15, 0.2) is 11.6 Å². The number of nitrogen functional groups attached to an aromatic ring is 1. The minimum absolute atomic E-state index is 0.0201. The molecule has 10 nitrogen and oxygen atoms in total. The van der Waals surface area contributed by atoms with Crippen molar-refractivity contribution >= 4 is 38.8 Å². The molecular formula is C31H25FN8O2S. The molecule has 0 spiro atoms. The molecule has 0 unspecified atom stereocenters. The number of aryl methyl sites for hydroxylation is 2. The number of rotatable bonds is 7. The number of anilines is 2. The zero-order valence-electron chi connectivity index (χ0n) is 23.4. The van der Waals surface area contributed by atoms with Gasteiger partial charge in [-0.25, -0.2) is 19.3 Å². The van der Waals surface area contributed by atoms with Gasteiger partial charge < -0.3 is 15.8 Å². The van der Waals surface area contributed by atoms with E-state index in [1.807, 2.05) is 13.2 Å². The summed E-state index contributed by atoms with van der Waals surface area (Å²) < 4.78 is 23.7. The average Bonchev–Trinajstić information content (AvgIpc) is 3.59. The lowest BCUT2D eigenvalue weighted by Gasteiger charge is -2.10. The Hall–Kier alpha value is -5.49. The van der Waals surface area contributed by atoms with Crippen molar-refractivity contribution < 1.29 is 13.9 Å². The molecule has 6 aromatic rings. The van der Waals surface area contributed by atoms with Gasteiger partial charge in [0.2, 0.25) is 0 Å². The number of carbonyl (C=O) groups is 1. The Balaban J connectivity index is 1.51. The monoisotopic (exact) mass is 592 g/mol. The van der Waals surface area contributed by atoms with Crippen LogP contribution in [-0.2, 0) is 11.8 Å². The largest absolute Gasteiger partial charge is 0.421 e. The average molecular weight is 593 g/mol. The Morgan fingerprint density at radius 3 is 2.60 bits per heavy atom. The second-order valence-electron chi connectivity index (χ2n) is 9.86. The van der Waals surface area contributed by atoms with Crippen LogP contribution in [0.15, 0.2) is 79.5 Å². The van der Waals surface area contributed by atoms with Crippen molar-refractivity contribution in [1.82, 2.24) is 29.7 Å². The quantitative estimate of drug-likeness (QED) is 0.199. The highest BCUT2D eigenvalue weighted by molar-refractivity contribution is 7.23. The lowest BCUT2D eigenvalue weighted by molar-refractivity contribution is -0.112. The summed E-state index contributed by atoms with van der Waals surface area (Å²) in [6, 6.07) is 9.97. The Bertz CT molecular complexity index is 2030. The number of nitrogens with two attached hydrogens (primary N) is 1. The molecule has 5 heterocycles. The van der Waals surface area contributed by atoms with Crippen molar-refractivity contribution in [2.75, 3.05) is 11.1 Å². The highest BCUT2D eigenvalue weighted by Gasteiger charge is 2.23. The fourth-order valence-corrected chi connectivity index (χ4v) is 5.84. The molecule has 3 N–H and O–H groups in total. The van der Waals surface area contributed by atoms with Crippen LogP contribution < -0.4 is 15.8 Å². The van der Waals surface area contributed by atoms with Crippen LogP contribution in [0.1, 0.15) is 12.6 Å². The van der Waals surface area contributed by atoms with Crippen LogP contribution in [0.3, 0.4) is 0 Å². The number of thiophene rings is 1. The Kier molecular flexibility index (Phi) is 7.12. The highest BCUT2D eigenvalue weighted by Crippen LogP contribution is 2.49. The molecule has 0 bridgehead atoms. The molecule has 0 aliphatic carbocycles. The molecule has 0 fully saturated rings. The molecule has 0 saturated heterocycles. The van der Waals surface area contributed by atoms with Gasteiger partial charge in [0.05, 0.1) is 28.7 Å². The number of hydrogen-bond donors (Lipinski definition) is 2. The van der Waals surface area contributed by atoms with E-state index in [0.29, 0.717) is 45.0 Å². The van der Waals surface area contributed by atoms with Crippen molar-refractivity contribution in [1.29, 1.82) is 0 Å². The zero-order chi connectivity index (χ0) is 30.2. The molecule has 12 heteroatoms. The number of nitrogens with zero attached hydrogens (tertiary/aromatic N) is 6. The van der Waals surface area contributed by atoms with E-state index in [-0.39, 0.29) is 17.7 Å². The van der Waals surface area contributed by atoms with E-state index < -0.39 is 5.82 Å².